The molecular formula is C15H26N2O3. The average Bonchev–Trinajstić information content (AvgIpc) is 3.05. The molecule has 3 fully saturated rings. The lowest BCUT2D eigenvalue weighted by Gasteiger charge is -2.26. The summed E-state index contributed by atoms with van der Waals surface area (Å²) in [5.74, 6) is -0.245. The molecule has 2 heterocycles. The third kappa shape index (κ3) is 3.32. The second-order valence-electron chi connectivity index (χ2n) is 6.27. The van der Waals surface area contributed by atoms with Crippen molar-refractivity contribution in [3.63, 3.8) is 0 Å². The van der Waals surface area contributed by atoms with Crippen molar-refractivity contribution in [2.45, 2.75) is 69.3 Å². The molecule has 5 heteroatoms. The summed E-state index contributed by atoms with van der Waals surface area (Å²) in [6.07, 6.45) is 8.98. The van der Waals surface area contributed by atoms with Crippen molar-refractivity contribution in [3.8, 4) is 0 Å². The Morgan fingerprint density at radius 1 is 1.20 bits per heavy atom. The van der Waals surface area contributed by atoms with Crippen LogP contribution in [0.1, 0.15) is 51.4 Å². The summed E-state index contributed by atoms with van der Waals surface area (Å²) in [5, 5.41) is 6.21. The number of rotatable bonds is 3. The van der Waals surface area contributed by atoms with E-state index in [4.69, 9.17) is 9.47 Å². The van der Waals surface area contributed by atoms with Crippen molar-refractivity contribution >= 4 is 5.91 Å². The molecule has 0 radical (unpaired) electrons. The maximum absolute atomic E-state index is 12.0. The van der Waals surface area contributed by atoms with Crippen LogP contribution in [0.2, 0.25) is 0 Å². The zero-order valence-electron chi connectivity index (χ0n) is 12.2. The molecule has 1 amide bonds. The quantitative estimate of drug-likeness (QED) is 0.819. The second-order valence-corrected chi connectivity index (χ2v) is 6.27. The Labute approximate surface area is 120 Å². The van der Waals surface area contributed by atoms with Crippen molar-refractivity contribution in [3.05, 3.63) is 0 Å². The molecule has 1 spiro atoms. The van der Waals surface area contributed by atoms with E-state index in [0.717, 1.165) is 32.2 Å². The minimum absolute atomic E-state index is 0.0100. The maximum atomic E-state index is 12.0. The van der Waals surface area contributed by atoms with Gasteiger partial charge in [-0.3, -0.25) is 4.79 Å². The van der Waals surface area contributed by atoms with E-state index in [1.165, 1.54) is 25.7 Å². The molecule has 20 heavy (non-hydrogen) atoms. The van der Waals surface area contributed by atoms with Gasteiger partial charge in [-0.2, -0.15) is 0 Å². The second kappa shape index (κ2) is 6.41. The van der Waals surface area contributed by atoms with Crippen LogP contribution < -0.4 is 10.6 Å². The summed E-state index contributed by atoms with van der Waals surface area (Å²) in [7, 11) is 0. The molecule has 3 aliphatic rings. The number of hydrogen-bond acceptors (Lipinski definition) is 4. The van der Waals surface area contributed by atoms with E-state index in [-0.39, 0.29) is 23.8 Å². The van der Waals surface area contributed by atoms with Gasteiger partial charge in [0.05, 0.1) is 12.6 Å². The molecule has 2 aliphatic heterocycles. The minimum Gasteiger partial charge on any atom is -0.352 e. The summed E-state index contributed by atoms with van der Waals surface area (Å²) in [6, 6.07) is -0.0100. The van der Waals surface area contributed by atoms with E-state index in [2.05, 4.69) is 10.6 Å². The Hall–Kier alpha value is -0.650. The molecule has 114 valence electrons. The molecule has 2 N–H and O–H groups in total. The normalized spacial score (nSPS) is 33.2. The fraction of sp³-hybridized carbons (Fsp3) is 0.933. The van der Waals surface area contributed by atoms with Crippen molar-refractivity contribution in [2.75, 3.05) is 19.7 Å². The monoisotopic (exact) mass is 282 g/mol. The van der Waals surface area contributed by atoms with Crippen LogP contribution in [-0.4, -0.2) is 43.5 Å². The van der Waals surface area contributed by atoms with Crippen molar-refractivity contribution in [2.24, 2.45) is 0 Å². The molecule has 1 aliphatic carbocycles. The third-order valence-electron chi connectivity index (χ3n) is 4.66. The van der Waals surface area contributed by atoms with Gasteiger partial charge in [-0.1, -0.05) is 12.8 Å². The van der Waals surface area contributed by atoms with Gasteiger partial charge in [0.25, 0.3) is 0 Å². The first-order chi connectivity index (χ1) is 9.77. The van der Waals surface area contributed by atoms with Gasteiger partial charge in [-0.05, 0) is 32.2 Å². The highest BCUT2D eigenvalue weighted by Gasteiger charge is 2.41. The van der Waals surface area contributed by atoms with E-state index < -0.39 is 0 Å². The van der Waals surface area contributed by atoms with Crippen molar-refractivity contribution in [1.82, 2.24) is 10.6 Å². The fourth-order valence-electron chi connectivity index (χ4n) is 3.49. The topological polar surface area (TPSA) is 59.6 Å². The van der Waals surface area contributed by atoms with Crippen LogP contribution in [0.5, 0.6) is 0 Å². The van der Waals surface area contributed by atoms with Gasteiger partial charge < -0.3 is 20.1 Å². The van der Waals surface area contributed by atoms with Gasteiger partial charge in [0.2, 0.25) is 5.91 Å². The number of ether oxygens (including phenoxy) is 2. The summed E-state index contributed by atoms with van der Waals surface area (Å²) < 4.78 is 12.1. The van der Waals surface area contributed by atoms with Crippen LogP contribution in [0.4, 0.5) is 0 Å². The van der Waals surface area contributed by atoms with Crippen LogP contribution >= 0.6 is 0 Å². The molecule has 0 aromatic rings. The predicted octanol–water partition coefficient (Wildman–Crippen LogP) is 1.32. The Kier molecular flexibility index (Phi) is 4.58. The lowest BCUT2D eigenvalue weighted by Crippen LogP contribution is -2.44. The van der Waals surface area contributed by atoms with Crippen molar-refractivity contribution in [1.29, 1.82) is 0 Å². The summed E-state index contributed by atoms with van der Waals surface area (Å²) >= 11 is 0. The molecule has 1 saturated carbocycles. The van der Waals surface area contributed by atoms with Gasteiger partial charge in [-0.25, -0.2) is 0 Å². The van der Waals surface area contributed by atoms with Crippen LogP contribution in [0.15, 0.2) is 0 Å². The lowest BCUT2D eigenvalue weighted by molar-refractivity contribution is -0.175. The van der Waals surface area contributed by atoms with Crippen LogP contribution in [0, 0.1) is 0 Å². The fourth-order valence-corrected chi connectivity index (χ4v) is 3.49. The Morgan fingerprint density at radius 3 is 2.70 bits per heavy atom. The Morgan fingerprint density at radius 2 is 2.00 bits per heavy atom. The number of hydrogen-bond donors (Lipinski definition) is 2. The highest BCUT2D eigenvalue weighted by molar-refractivity contribution is 5.82. The van der Waals surface area contributed by atoms with Gasteiger partial charge in [0.1, 0.15) is 6.10 Å². The van der Waals surface area contributed by atoms with E-state index >= 15 is 0 Å². The summed E-state index contributed by atoms with van der Waals surface area (Å²) in [6.45, 7) is 2.13. The zero-order chi connectivity index (χ0) is 13.8. The SMILES string of the molecule is O=C(NCC1COC2(CCCCCC2)O1)C1CCCN1. The van der Waals surface area contributed by atoms with Gasteiger partial charge in [0, 0.05) is 19.4 Å². The minimum atomic E-state index is -0.350. The summed E-state index contributed by atoms with van der Waals surface area (Å²) in [4.78, 5) is 12.0. The Balaban J connectivity index is 1.44. The number of carbonyl (C=O) groups excluding carboxylic acids is 1. The molecular weight excluding hydrogens is 256 g/mol. The third-order valence-corrected chi connectivity index (χ3v) is 4.66. The summed E-state index contributed by atoms with van der Waals surface area (Å²) in [5.41, 5.74) is 0. The van der Waals surface area contributed by atoms with Gasteiger partial charge in [0.15, 0.2) is 5.79 Å². The maximum Gasteiger partial charge on any atom is 0.237 e. The molecule has 0 bridgehead atoms. The first-order valence-electron chi connectivity index (χ1n) is 8.10. The standard InChI is InChI=1S/C15H26N2O3/c18-14(13-6-5-9-16-13)17-10-12-11-19-15(20-12)7-3-1-2-4-8-15/h12-13,16H,1-11H2,(H,17,18). The number of carbonyl (C=O) groups is 1. The van der Waals surface area contributed by atoms with Gasteiger partial charge >= 0.3 is 0 Å². The first kappa shape index (κ1) is 14.3. The molecule has 3 rings (SSSR count). The predicted molar refractivity (Wildman–Crippen MR) is 75.3 cm³/mol. The molecule has 0 aromatic heterocycles. The average molecular weight is 282 g/mol. The largest absolute Gasteiger partial charge is 0.352 e. The Bertz CT molecular complexity index is 334. The van der Waals surface area contributed by atoms with E-state index in [0.29, 0.717) is 13.2 Å². The van der Waals surface area contributed by atoms with Crippen LogP contribution in [-0.2, 0) is 14.3 Å². The zero-order valence-corrected chi connectivity index (χ0v) is 12.2. The lowest BCUT2D eigenvalue weighted by atomic mass is 10.1. The molecule has 2 unspecified atom stereocenters. The first-order valence-corrected chi connectivity index (χ1v) is 8.10. The molecule has 5 nitrogen and oxygen atoms in total. The van der Waals surface area contributed by atoms with Crippen LogP contribution in [0.3, 0.4) is 0 Å². The highest BCUT2D eigenvalue weighted by atomic mass is 16.7. The molecule has 2 atom stereocenters. The molecule has 2 saturated heterocycles. The highest BCUT2D eigenvalue weighted by Crippen LogP contribution is 2.36. The van der Waals surface area contributed by atoms with Crippen molar-refractivity contribution < 1.29 is 14.3 Å². The van der Waals surface area contributed by atoms with E-state index in [1.54, 1.807) is 0 Å². The number of nitrogens with one attached hydrogen (secondary N) is 2. The van der Waals surface area contributed by atoms with E-state index in [9.17, 15) is 4.79 Å². The van der Waals surface area contributed by atoms with Crippen LogP contribution in [0.25, 0.3) is 0 Å². The number of amides is 1. The molecule has 0 aromatic carbocycles. The van der Waals surface area contributed by atoms with Gasteiger partial charge in [-0.15, -0.1) is 0 Å². The van der Waals surface area contributed by atoms with E-state index in [1.807, 2.05) is 0 Å². The smallest absolute Gasteiger partial charge is 0.237 e.